The molecule has 10 heteroatoms. The van der Waals surface area contributed by atoms with Crippen LogP contribution in [-0.4, -0.2) is 105 Å². The highest BCUT2D eigenvalue weighted by Gasteiger charge is 2.50. The summed E-state index contributed by atoms with van der Waals surface area (Å²) < 4.78 is 15.6. The summed E-state index contributed by atoms with van der Waals surface area (Å²) in [4.78, 5) is 0. The van der Waals surface area contributed by atoms with E-state index < -0.39 is 61.9 Å². The van der Waals surface area contributed by atoms with E-state index in [4.69, 9.17) is 19.3 Å². The van der Waals surface area contributed by atoms with Crippen LogP contribution in [0.5, 0.6) is 0 Å². The van der Waals surface area contributed by atoms with Gasteiger partial charge >= 0.3 is 0 Å². The maximum Gasteiger partial charge on any atom is 0.187 e. The second-order valence-corrected chi connectivity index (χ2v) is 6.22. The Morgan fingerprint density at radius 1 is 0.909 bits per heavy atom. The first-order valence-corrected chi connectivity index (χ1v) is 8.26. The van der Waals surface area contributed by atoms with Crippen molar-refractivity contribution in [1.29, 1.82) is 0 Å². The van der Waals surface area contributed by atoms with E-state index in [2.05, 4.69) is 0 Å². The highest BCUT2D eigenvalue weighted by Crippen LogP contribution is 2.29. The number of hydrogen-bond acceptors (Lipinski definition) is 10. The third-order valence-corrected chi connectivity index (χ3v) is 4.44. The van der Waals surface area contributed by atoms with Crippen molar-refractivity contribution in [2.75, 3.05) is 18.6 Å². The summed E-state index contributed by atoms with van der Waals surface area (Å²) in [6.45, 7) is -0.587. The van der Waals surface area contributed by atoms with Gasteiger partial charge in [0.2, 0.25) is 0 Å². The van der Waals surface area contributed by atoms with Crippen molar-refractivity contribution in [2.45, 2.75) is 55.3 Å². The fourth-order valence-corrected chi connectivity index (χ4v) is 3.12. The van der Waals surface area contributed by atoms with Crippen molar-refractivity contribution >= 4 is 11.8 Å². The van der Waals surface area contributed by atoms with Crippen molar-refractivity contribution in [1.82, 2.24) is 0 Å². The summed E-state index contributed by atoms with van der Waals surface area (Å²) in [6.07, 6.45) is -9.81. The number of rotatable bonds is 5. The number of thioether (sulfide) groups is 1. The van der Waals surface area contributed by atoms with Gasteiger partial charge in [-0.15, -0.1) is 0 Å². The summed E-state index contributed by atoms with van der Waals surface area (Å²) >= 11 is 1.41. The Labute approximate surface area is 131 Å². The lowest BCUT2D eigenvalue weighted by Gasteiger charge is -2.41. The van der Waals surface area contributed by atoms with Crippen LogP contribution in [0.2, 0.25) is 0 Å². The first-order chi connectivity index (χ1) is 10.4. The zero-order chi connectivity index (χ0) is 16.4. The van der Waals surface area contributed by atoms with Crippen LogP contribution in [0, 0.1) is 0 Å². The highest BCUT2D eigenvalue weighted by atomic mass is 32.2. The molecule has 2 rings (SSSR count). The summed E-state index contributed by atoms with van der Waals surface area (Å²) in [5.74, 6) is 0.429. The summed E-state index contributed by atoms with van der Waals surface area (Å²) in [6, 6.07) is 0. The molecule has 0 spiro atoms. The molecule has 0 radical (unpaired) electrons. The summed E-state index contributed by atoms with van der Waals surface area (Å²) in [5.41, 5.74) is 0. The van der Waals surface area contributed by atoms with Crippen molar-refractivity contribution in [2.24, 2.45) is 0 Å². The van der Waals surface area contributed by atoms with Gasteiger partial charge in [-0.25, -0.2) is 0 Å². The zero-order valence-electron chi connectivity index (χ0n) is 11.9. The van der Waals surface area contributed by atoms with Crippen LogP contribution in [0.15, 0.2) is 0 Å². The van der Waals surface area contributed by atoms with E-state index >= 15 is 0 Å². The van der Waals surface area contributed by atoms with Crippen molar-refractivity contribution in [3.8, 4) is 0 Å². The van der Waals surface area contributed by atoms with Crippen molar-refractivity contribution in [3.05, 3.63) is 0 Å². The van der Waals surface area contributed by atoms with E-state index in [0.717, 1.165) is 0 Å². The highest BCUT2D eigenvalue weighted by molar-refractivity contribution is 7.98. The van der Waals surface area contributed by atoms with E-state index in [0.29, 0.717) is 5.75 Å². The molecule has 0 amide bonds. The summed E-state index contributed by atoms with van der Waals surface area (Å²) in [7, 11) is 0. The molecule has 6 N–H and O–H groups in total. The molecule has 0 aromatic heterocycles. The molecule has 2 heterocycles. The lowest BCUT2D eigenvalue weighted by Crippen LogP contribution is -2.60. The van der Waals surface area contributed by atoms with Gasteiger partial charge in [0.1, 0.15) is 36.6 Å². The average molecular weight is 342 g/mol. The Morgan fingerprint density at radius 3 is 2.18 bits per heavy atom. The van der Waals surface area contributed by atoms with E-state index in [9.17, 15) is 25.5 Å². The second kappa shape index (κ2) is 7.71. The summed E-state index contributed by atoms with van der Waals surface area (Å²) in [5, 5.41) is 58.3. The smallest absolute Gasteiger partial charge is 0.187 e. The number of ether oxygens (including phenoxy) is 3. The van der Waals surface area contributed by atoms with Gasteiger partial charge in [-0.2, -0.15) is 11.8 Å². The Bertz CT molecular complexity index is 359. The third-order valence-electron chi connectivity index (χ3n) is 3.78. The Balaban J connectivity index is 2.04. The molecule has 22 heavy (non-hydrogen) atoms. The molecule has 0 bridgehead atoms. The lowest BCUT2D eigenvalue weighted by atomic mass is 9.99. The average Bonchev–Trinajstić information content (AvgIpc) is 2.76. The van der Waals surface area contributed by atoms with Gasteiger partial charge in [0.05, 0.1) is 12.7 Å². The van der Waals surface area contributed by atoms with Crippen LogP contribution < -0.4 is 0 Å². The maximum absolute atomic E-state index is 10.0. The molecule has 130 valence electrons. The van der Waals surface area contributed by atoms with Crippen molar-refractivity contribution in [3.63, 3.8) is 0 Å². The van der Waals surface area contributed by atoms with Gasteiger partial charge in [-0.05, 0) is 6.26 Å². The minimum atomic E-state index is -1.66. The van der Waals surface area contributed by atoms with Gasteiger partial charge in [0, 0.05) is 5.75 Å². The molecule has 0 aliphatic carbocycles. The molecule has 9 nitrogen and oxygen atoms in total. The first-order valence-electron chi connectivity index (χ1n) is 6.87. The van der Waals surface area contributed by atoms with Crippen LogP contribution in [0.1, 0.15) is 0 Å². The molecule has 0 saturated carbocycles. The minimum Gasteiger partial charge on any atom is -0.394 e. The monoisotopic (exact) mass is 342 g/mol. The molecule has 0 aromatic carbocycles. The molecule has 2 aliphatic rings. The molecular weight excluding hydrogens is 320 g/mol. The quantitative estimate of drug-likeness (QED) is 0.299. The van der Waals surface area contributed by atoms with Crippen LogP contribution in [0.4, 0.5) is 0 Å². The van der Waals surface area contributed by atoms with Gasteiger partial charge in [-0.1, -0.05) is 0 Å². The number of aliphatic hydroxyl groups is 6. The van der Waals surface area contributed by atoms with Gasteiger partial charge < -0.3 is 44.8 Å². The predicted octanol–water partition coefficient (Wildman–Crippen LogP) is -3.39. The number of hydrogen-bond donors (Lipinski definition) is 6. The zero-order valence-corrected chi connectivity index (χ0v) is 12.7. The SMILES string of the molecule is CSC[C@@H]1O[C@@H](O[C@H]2[C@H](O)C(CO)OC(O)[C@@H]2O)[C@H](O)C1O. The van der Waals surface area contributed by atoms with E-state index in [1.54, 1.807) is 0 Å². The first kappa shape index (κ1) is 18.3. The fourth-order valence-electron chi connectivity index (χ4n) is 2.51. The largest absolute Gasteiger partial charge is 0.394 e. The molecular formula is C12H22O9S. The normalized spacial score (nSPS) is 49.5. The molecule has 0 aromatic rings. The molecule has 2 aliphatic heterocycles. The minimum absolute atomic E-state index is 0.429. The van der Waals surface area contributed by atoms with Crippen LogP contribution in [0.25, 0.3) is 0 Å². The maximum atomic E-state index is 10.0. The fraction of sp³-hybridized carbons (Fsp3) is 1.00. The molecule has 2 fully saturated rings. The Kier molecular flexibility index (Phi) is 6.42. The lowest BCUT2D eigenvalue weighted by molar-refractivity contribution is -0.320. The standard InChI is InChI=1S/C12H22O9S/c1-22-3-5-6(14)8(16)12(20-5)21-10-7(15)4(2-13)19-11(18)9(10)17/h4-18H,2-3H2,1H3/t4?,5-,6?,7+,8+,9+,10-,11?,12-/m0/s1. The van der Waals surface area contributed by atoms with Gasteiger partial charge in [-0.3, -0.25) is 0 Å². The Morgan fingerprint density at radius 2 is 1.59 bits per heavy atom. The van der Waals surface area contributed by atoms with Crippen LogP contribution in [-0.2, 0) is 14.2 Å². The van der Waals surface area contributed by atoms with E-state index in [-0.39, 0.29) is 0 Å². The van der Waals surface area contributed by atoms with Crippen LogP contribution >= 0.6 is 11.8 Å². The van der Waals surface area contributed by atoms with E-state index in [1.165, 1.54) is 11.8 Å². The van der Waals surface area contributed by atoms with Gasteiger partial charge in [0.15, 0.2) is 12.6 Å². The third kappa shape index (κ3) is 3.56. The molecule has 3 unspecified atom stereocenters. The molecule has 2 saturated heterocycles. The van der Waals surface area contributed by atoms with Crippen LogP contribution in [0.3, 0.4) is 0 Å². The number of aliphatic hydroxyl groups excluding tert-OH is 6. The van der Waals surface area contributed by atoms with Gasteiger partial charge in [0.25, 0.3) is 0 Å². The molecule has 9 atom stereocenters. The predicted molar refractivity (Wildman–Crippen MR) is 73.9 cm³/mol. The topological polar surface area (TPSA) is 149 Å². The van der Waals surface area contributed by atoms with E-state index in [1.807, 2.05) is 6.26 Å². The second-order valence-electron chi connectivity index (χ2n) is 5.31. The van der Waals surface area contributed by atoms with Crippen molar-refractivity contribution < 1.29 is 44.8 Å². The Hall–Kier alpha value is -0.0100.